The van der Waals surface area contributed by atoms with Gasteiger partial charge in [0.25, 0.3) is 9.84 Å². The molecule has 26 heavy (non-hydrogen) atoms. The van der Waals surface area contributed by atoms with E-state index in [0.717, 1.165) is 6.07 Å². The molecule has 0 spiro atoms. The lowest BCUT2D eigenvalue weighted by Crippen LogP contribution is -2.50. The van der Waals surface area contributed by atoms with Crippen LogP contribution in [0.15, 0.2) is 29.2 Å². The second-order valence-electron chi connectivity index (χ2n) is 6.87. The predicted octanol–water partition coefficient (Wildman–Crippen LogP) is 3.04. The summed E-state index contributed by atoms with van der Waals surface area (Å²) in [5.74, 6) is 0. The second kappa shape index (κ2) is 6.98. The average Bonchev–Trinajstić information content (AvgIpc) is 2.52. The standard InChI is InChI=1S/C16H21F3N2O4S/c1-15(2,3)25-14(22)21-10-8-20(9-11-21)12-6-4-5-7-13(12)26(23,24)16(17,18)19/h4-7H,8-11H2,1-3H3. The molecule has 0 saturated carbocycles. The van der Waals surface area contributed by atoms with Crippen molar-refractivity contribution < 1.29 is 31.1 Å². The molecule has 0 aliphatic carbocycles. The summed E-state index contributed by atoms with van der Waals surface area (Å²) in [7, 11) is -5.46. The summed E-state index contributed by atoms with van der Waals surface area (Å²) in [6.45, 7) is 6.04. The van der Waals surface area contributed by atoms with Crippen molar-refractivity contribution in [2.45, 2.75) is 36.8 Å². The zero-order valence-corrected chi connectivity index (χ0v) is 15.5. The van der Waals surface area contributed by atoms with Gasteiger partial charge in [-0.1, -0.05) is 12.1 Å². The highest BCUT2D eigenvalue weighted by molar-refractivity contribution is 7.92. The Balaban J connectivity index is 2.18. The highest BCUT2D eigenvalue weighted by Gasteiger charge is 2.48. The first kappa shape index (κ1) is 20.3. The molecule has 1 aromatic carbocycles. The molecule has 6 nitrogen and oxygen atoms in total. The number of sulfone groups is 1. The van der Waals surface area contributed by atoms with Gasteiger partial charge >= 0.3 is 11.6 Å². The minimum atomic E-state index is -5.46. The molecular formula is C16H21F3N2O4S. The van der Waals surface area contributed by atoms with Crippen LogP contribution in [0.25, 0.3) is 0 Å². The topological polar surface area (TPSA) is 66.9 Å². The van der Waals surface area contributed by atoms with E-state index >= 15 is 0 Å². The van der Waals surface area contributed by atoms with E-state index in [-0.39, 0.29) is 31.9 Å². The van der Waals surface area contributed by atoms with Gasteiger partial charge < -0.3 is 14.5 Å². The Bertz CT molecular complexity index is 764. The van der Waals surface area contributed by atoms with Gasteiger partial charge in [-0.15, -0.1) is 0 Å². The summed E-state index contributed by atoms with van der Waals surface area (Å²) in [4.78, 5) is 14.3. The fraction of sp³-hybridized carbons (Fsp3) is 0.562. The van der Waals surface area contributed by atoms with Crippen LogP contribution in [0, 0.1) is 0 Å². The van der Waals surface area contributed by atoms with Crippen LogP contribution in [0.2, 0.25) is 0 Å². The largest absolute Gasteiger partial charge is 0.501 e. The van der Waals surface area contributed by atoms with E-state index in [0.29, 0.717) is 0 Å². The number of para-hydroxylation sites is 1. The molecule has 1 aliphatic rings. The van der Waals surface area contributed by atoms with Gasteiger partial charge in [-0.25, -0.2) is 13.2 Å². The summed E-state index contributed by atoms with van der Waals surface area (Å²) in [5, 5.41) is 0. The van der Waals surface area contributed by atoms with Crippen LogP contribution >= 0.6 is 0 Å². The number of anilines is 1. The van der Waals surface area contributed by atoms with Crippen LogP contribution in [0.3, 0.4) is 0 Å². The zero-order valence-electron chi connectivity index (χ0n) is 14.7. The van der Waals surface area contributed by atoms with Gasteiger partial charge in [0.05, 0.1) is 10.6 Å². The Hall–Kier alpha value is -1.97. The average molecular weight is 394 g/mol. The van der Waals surface area contributed by atoms with Crippen LogP contribution in [-0.4, -0.2) is 56.7 Å². The van der Waals surface area contributed by atoms with Gasteiger partial charge in [-0.2, -0.15) is 13.2 Å². The number of hydrogen-bond donors (Lipinski definition) is 0. The molecule has 0 unspecified atom stereocenters. The summed E-state index contributed by atoms with van der Waals surface area (Å²) >= 11 is 0. The number of carbonyl (C=O) groups excluding carboxylic acids is 1. The molecule has 0 aromatic heterocycles. The summed E-state index contributed by atoms with van der Waals surface area (Å²) in [6.07, 6.45) is -0.506. The molecule has 1 heterocycles. The number of alkyl halides is 3. The SMILES string of the molecule is CC(C)(C)OC(=O)N1CCN(c2ccccc2S(=O)(=O)C(F)(F)F)CC1. The summed E-state index contributed by atoms with van der Waals surface area (Å²) in [6, 6.07) is 5.00. The van der Waals surface area contributed by atoms with E-state index in [4.69, 9.17) is 4.74 Å². The molecule has 1 fully saturated rings. The molecule has 146 valence electrons. The number of amides is 1. The van der Waals surface area contributed by atoms with Crippen molar-refractivity contribution >= 4 is 21.6 Å². The van der Waals surface area contributed by atoms with Gasteiger partial charge in [-0.3, -0.25) is 0 Å². The number of nitrogens with zero attached hydrogens (tertiary/aromatic N) is 2. The zero-order chi connectivity index (χ0) is 19.8. The molecule has 1 amide bonds. The van der Waals surface area contributed by atoms with Crippen molar-refractivity contribution in [3.05, 3.63) is 24.3 Å². The molecule has 0 bridgehead atoms. The van der Waals surface area contributed by atoms with E-state index in [1.54, 1.807) is 20.8 Å². The molecule has 0 atom stereocenters. The first-order valence-electron chi connectivity index (χ1n) is 7.96. The Morgan fingerprint density at radius 2 is 1.58 bits per heavy atom. The van der Waals surface area contributed by atoms with Crippen LogP contribution in [0.4, 0.5) is 23.7 Å². The molecule has 0 radical (unpaired) electrons. The third-order valence-corrected chi connectivity index (χ3v) is 5.27. The third-order valence-electron chi connectivity index (χ3n) is 3.73. The second-order valence-corrected chi connectivity index (χ2v) is 8.78. The lowest BCUT2D eigenvalue weighted by molar-refractivity contribution is -0.0435. The number of ether oxygens (including phenoxy) is 1. The fourth-order valence-corrected chi connectivity index (χ4v) is 3.51. The van der Waals surface area contributed by atoms with Crippen LogP contribution in [0.5, 0.6) is 0 Å². The predicted molar refractivity (Wildman–Crippen MR) is 89.7 cm³/mol. The Labute approximate surface area is 150 Å². The monoisotopic (exact) mass is 394 g/mol. The maximum atomic E-state index is 12.9. The highest BCUT2D eigenvalue weighted by Crippen LogP contribution is 2.36. The Morgan fingerprint density at radius 3 is 2.08 bits per heavy atom. The molecule has 2 rings (SSSR count). The normalized spacial score (nSPS) is 16.5. The van der Waals surface area contributed by atoms with Crippen molar-refractivity contribution in [3.8, 4) is 0 Å². The van der Waals surface area contributed by atoms with Crippen LogP contribution < -0.4 is 4.90 Å². The van der Waals surface area contributed by atoms with Crippen molar-refractivity contribution in [1.29, 1.82) is 0 Å². The molecule has 1 aromatic rings. The first-order valence-corrected chi connectivity index (χ1v) is 9.44. The maximum Gasteiger partial charge on any atom is 0.501 e. The number of halogens is 3. The van der Waals surface area contributed by atoms with E-state index < -0.39 is 31.9 Å². The highest BCUT2D eigenvalue weighted by atomic mass is 32.2. The first-order chi connectivity index (χ1) is 11.8. The number of carbonyl (C=O) groups is 1. The summed E-state index contributed by atoms with van der Waals surface area (Å²) in [5.41, 5.74) is -6.04. The number of benzene rings is 1. The fourth-order valence-electron chi connectivity index (χ4n) is 2.53. The van der Waals surface area contributed by atoms with Gasteiger partial charge in [0.1, 0.15) is 5.60 Å². The van der Waals surface area contributed by atoms with Crippen molar-refractivity contribution in [3.63, 3.8) is 0 Å². The van der Waals surface area contributed by atoms with Crippen molar-refractivity contribution in [2.75, 3.05) is 31.1 Å². The van der Waals surface area contributed by atoms with Gasteiger partial charge in [-0.05, 0) is 32.9 Å². The lowest BCUT2D eigenvalue weighted by Gasteiger charge is -2.37. The molecule has 0 N–H and O–H groups in total. The Morgan fingerprint density at radius 1 is 1.04 bits per heavy atom. The van der Waals surface area contributed by atoms with E-state index in [1.807, 2.05) is 0 Å². The quantitative estimate of drug-likeness (QED) is 0.771. The van der Waals surface area contributed by atoms with Crippen molar-refractivity contribution in [2.24, 2.45) is 0 Å². The van der Waals surface area contributed by atoms with Crippen LogP contribution in [0.1, 0.15) is 20.8 Å². The number of piperazine rings is 1. The number of rotatable bonds is 2. The van der Waals surface area contributed by atoms with Crippen LogP contribution in [-0.2, 0) is 14.6 Å². The molecule has 1 aliphatic heterocycles. The molecule has 10 heteroatoms. The van der Waals surface area contributed by atoms with Gasteiger partial charge in [0.2, 0.25) is 0 Å². The summed E-state index contributed by atoms with van der Waals surface area (Å²) < 4.78 is 67.6. The van der Waals surface area contributed by atoms with E-state index in [9.17, 15) is 26.4 Å². The van der Waals surface area contributed by atoms with Crippen molar-refractivity contribution in [1.82, 2.24) is 4.90 Å². The molecular weight excluding hydrogens is 373 g/mol. The minimum absolute atomic E-state index is 0.0198. The maximum absolute atomic E-state index is 12.9. The van der Waals surface area contributed by atoms with Gasteiger partial charge in [0.15, 0.2) is 0 Å². The Kier molecular flexibility index (Phi) is 5.46. The third kappa shape index (κ3) is 4.40. The minimum Gasteiger partial charge on any atom is -0.444 e. The van der Waals surface area contributed by atoms with E-state index in [2.05, 4.69) is 0 Å². The smallest absolute Gasteiger partial charge is 0.444 e. The number of hydrogen-bond acceptors (Lipinski definition) is 5. The lowest BCUT2D eigenvalue weighted by atomic mass is 10.2. The molecule has 1 saturated heterocycles. The van der Waals surface area contributed by atoms with E-state index in [1.165, 1.54) is 28.0 Å². The van der Waals surface area contributed by atoms with Gasteiger partial charge in [0, 0.05) is 26.2 Å².